The quantitative estimate of drug-likeness (QED) is 0.272. The molecule has 4 rings (SSSR count). The molecule has 0 spiro atoms. The Bertz CT molecular complexity index is 1510. The smallest absolute Gasteiger partial charge is 0.342 e. The van der Waals surface area contributed by atoms with Crippen molar-refractivity contribution in [1.29, 1.82) is 0 Å². The molecule has 13 heteroatoms. The zero-order chi connectivity index (χ0) is 28.2. The summed E-state index contributed by atoms with van der Waals surface area (Å²) in [5, 5.41) is 2.29. The summed E-state index contributed by atoms with van der Waals surface area (Å²) in [4.78, 5) is 68.0. The molecule has 4 amide bonds. The second kappa shape index (κ2) is 11.5. The van der Waals surface area contributed by atoms with Crippen molar-refractivity contribution in [2.24, 2.45) is 0 Å². The van der Waals surface area contributed by atoms with Crippen molar-refractivity contribution in [2.45, 2.75) is 38.3 Å². The molecule has 1 saturated heterocycles. The van der Waals surface area contributed by atoms with Gasteiger partial charge in [0.05, 0.1) is 12.2 Å². The van der Waals surface area contributed by atoms with Crippen LogP contribution in [0.4, 0.5) is 5.69 Å². The molecule has 1 atom stereocenters. The molecule has 39 heavy (non-hydrogen) atoms. The van der Waals surface area contributed by atoms with Crippen LogP contribution in [-0.4, -0.2) is 59.4 Å². The average molecular weight is 554 g/mol. The number of anilines is 1. The minimum Gasteiger partial charge on any atom is -0.342 e. The summed E-state index contributed by atoms with van der Waals surface area (Å²) >= 11 is 0. The Balaban J connectivity index is 1.45. The number of nitrogens with one attached hydrogen (secondary N) is 1. The third-order valence-electron chi connectivity index (χ3n) is 5.92. The van der Waals surface area contributed by atoms with E-state index >= 15 is 0 Å². The van der Waals surface area contributed by atoms with Gasteiger partial charge in [-0.25, -0.2) is 4.79 Å². The fourth-order valence-electron chi connectivity index (χ4n) is 4.02. The van der Waals surface area contributed by atoms with Crippen molar-refractivity contribution in [2.75, 3.05) is 10.7 Å². The Labute approximate surface area is 223 Å². The number of para-hydroxylation sites is 1. The predicted molar refractivity (Wildman–Crippen MR) is 135 cm³/mol. The van der Waals surface area contributed by atoms with Crippen LogP contribution in [0.2, 0.25) is 0 Å². The number of hydrogen-bond acceptors (Lipinski definition) is 8. The van der Waals surface area contributed by atoms with Crippen LogP contribution in [0, 0.1) is 11.8 Å². The van der Waals surface area contributed by atoms with E-state index in [9.17, 15) is 36.9 Å². The first-order chi connectivity index (χ1) is 18.5. The van der Waals surface area contributed by atoms with E-state index in [1.54, 1.807) is 24.3 Å². The van der Waals surface area contributed by atoms with Crippen LogP contribution in [0.15, 0.2) is 48.5 Å². The Kier molecular flexibility index (Phi) is 8.08. The summed E-state index contributed by atoms with van der Waals surface area (Å²) in [6, 6.07) is 12.4. The van der Waals surface area contributed by atoms with Crippen molar-refractivity contribution in [3.8, 4) is 11.8 Å². The molecular weight excluding hydrogens is 530 g/mol. The van der Waals surface area contributed by atoms with Gasteiger partial charge in [0, 0.05) is 36.8 Å². The zero-order valence-electron chi connectivity index (χ0n) is 20.5. The number of hydrogen-bond donors (Lipinski definition) is 2. The maximum Gasteiger partial charge on any atom is 0.356 e. The van der Waals surface area contributed by atoms with E-state index in [1.165, 1.54) is 4.90 Å². The van der Waals surface area contributed by atoms with E-state index in [1.807, 2.05) is 24.3 Å². The number of imide groups is 1. The van der Waals surface area contributed by atoms with E-state index < -0.39 is 57.9 Å². The van der Waals surface area contributed by atoms with Gasteiger partial charge >= 0.3 is 5.97 Å². The van der Waals surface area contributed by atoms with Crippen LogP contribution in [0.25, 0.3) is 0 Å². The molecule has 202 valence electrons. The number of benzene rings is 2. The highest BCUT2D eigenvalue weighted by molar-refractivity contribution is 7.85. The lowest BCUT2D eigenvalue weighted by molar-refractivity contribution is -0.198. The van der Waals surface area contributed by atoms with Gasteiger partial charge in [-0.3, -0.25) is 23.7 Å². The molecule has 2 aromatic rings. The van der Waals surface area contributed by atoms with Crippen LogP contribution in [0.3, 0.4) is 0 Å². The molecule has 1 fully saturated rings. The molecule has 0 bridgehead atoms. The molecular formula is C26H23N3O9S. The van der Waals surface area contributed by atoms with Gasteiger partial charge in [0.25, 0.3) is 21.9 Å². The summed E-state index contributed by atoms with van der Waals surface area (Å²) in [5.74, 6) is 0.508. The maximum absolute atomic E-state index is 13.3. The third-order valence-corrected chi connectivity index (χ3v) is 6.68. The third kappa shape index (κ3) is 6.86. The van der Waals surface area contributed by atoms with Crippen LogP contribution in [-0.2, 0) is 45.5 Å². The lowest BCUT2D eigenvalue weighted by atomic mass is 10.0. The molecule has 2 heterocycles. The van der Waals surface area contributed by atoms with Gasteiger partial charge in [-0.05, 0) is 23.8 Å². The predicted octanol–water partition coefficient (Wildman–Crippen LogP) is 0.693. The first-order valence-electron chi connectivity index (χ1n) is 11.8. The van der Waals surface area contributed by atoms with Gasteiger partial charge in [0.1, 0.15) is 11.8 Å². The second-order valence-corrected chi connectivity index (χ2v) is 10.3. The van der Waals surface area contributed by atoms with Crippen molar-refractivity contribution in [3.63, 3.8) is 0 Å². The first-order valence-corrected chi connectivity index (χ1v) is 13.4. The fraction of sp³-hybridized carbons (Fsp3) is 0.269. The molecule has 12 nitrogen and oxygen atoms in total. The normalized spacial score (nSPS) is 15.2. The number of rotatable bonds is 8. The maximum atomic E-state index is 13.3. The molecule has 0 saturated carbocycles. The van der Waals surface area contributed by atoms with Crippen LogP contribution in [0.5, 0.6) is 0 Å². The Morgan fingerprint density at radius 3 is 2.26 bits per heavy atom. The molecule has 2 N–H and O–H groups in total. The lowest BCUT2D eigenvalue weighted by Crippen LogP contribution is -2.49. The van der Waals surface area contributed by atoms with E-state index in [4.69, 9.17) is 0 Å². The topological polar surface area (TPSA) is 167 Å². The van der Waals surface area contributed by atoms with Crippen molar-refractivity contribution >= 4 is 45.4 Å². The first kappa shape index (κ1) is 27.5. The Morgan fingerprint density at radius 1 is 0.949 bits per heavy atom. The number of hydroxylamine groups is 2. The highest BCUT2D eigenvalue weighted by Crippen LogP contribution is 2.26. The molecule has 0 aromatic heterocycles. The molecule has 2 aliphatic heterocycles. The highest BCUT2D eigenvalue weighted by Gasteiger charge is 2.36. The number of fused-ring (bicyclic) bond motifs is 2. The summed E-state index contributed by atoms with van der Waals surface area (Å²) in [6.07, 6.45) is -1.15. The van der Waals surface area contributed by atoms with Crippen LogP contribution >= 0.6 is 0 Å². The second-order valence-electron chi connectivity index (χ2n) is 8.77. The standard InChI is InChI=1S/C26H23N3O9S/c30-22(27-20(16-39(35,36)37)26(34)38-29-24(32)13-14-25(29)33)11-12-23(31)28-15-19-7-2-1-5-17(19)9-10-18-6-3-4-8-21(18)28/h1-8,20H,11-16H2,(H,27,30)(H,35,36,37)/t20-/m1/s1. The van der Waals surface area contributed by atoms with Crippen molar-refractivity contribution in [1.82, 2.24) is 10.4 Å². The van der Waals surface area contributed by atoms with Gasteiger partial charge in [0.15, 0.2) is 0 Å². The Hall–Kier alpha value is -4.54. The molecule has 0 unspecified atom stereocenters. The number of nitrogens with zero attached hydrogens (tertiary/aromatic N) is 2. The fourth-order valence-corrected chi connectivity index (χ4v) is 4.66. The van der Waals surface area contributed by atoms with Gasteiger partial charge in [-0.1, -0.05) is 42.2 Å². The minimum absolute atomic E-state index is 0.190. The largest absolute Gasteiger partial charge is 0.356 e. The average Bonchev–Trinajstić information content (AvgIpc) is 3.19. The van der Waals surface area contributed by atoms with Gasteiger partial charge in [-0.15, -0.1) is 5.06 Å². The van der Waals surface area contributed by atoms with Gasteiger partial charge < -0.3 is 15.1 Å². The SMILES string of the molecule is O=C(CCC(=O)N1Cc2ccccc2C#Cc2ccccc21)N[C@H](CS(=O)(=O)O)C(=O)ON1C(=O)CCC1=O. The molecule has 0 aliphatic carbocycles. The van der Waals surface area contributed by atoms with E-state index in [0.717, 1.165) is 11.1 Å². The number of amides is 4. The molecule has 0 radical (unpaired) electrons. The van der Waals surface area contributed by atoms with Crippen molar-refractivity contribution < 1.29 is 41.8 Å². The lowest BCUT2D eigenvalue weighted by Gasteiger charge is -2.26. The van der Waals surface area contributed by atoms with Gasteiger partial charge in [0.2, 0.25) is 11.8 Å². The summed E-state index contributed by atoms with van der Waals surface area (Å²) in [7, 11) is -4.78. The molecule has 2 aromatic carbocycles. The number of carbonyl (C=O) groups is 5. The van der Waals surface area contributed by atoms with Gasteiger partial charge in [-0.2, -0.15) is 8.42 Å². The zero-order valence-corrected chi connectivity index (χ0v) is 21.3. The van der Waals surface area contributed by atoms with E-state index in [0.29, 0.717) is 11.3 Å². The summed E-state index contributed by atoms with van der Waals surface area (Å²) in [5.41, 5.74) is 2.73. The minimum atomic E-state index is -4.78. The Morgan fingerprint density at radius 2 is 1.56 bits per heavy atom. The monoisotopic (exact) mass is 553 g/mol. The van der Waals surface area contributed by atoms with E-state index in [2.05, 4.69) is 22.0 Å². The van der Waals surface area contributed by atoms with Crippen LogP contribution < -0.4 is 10.2 Å². The van der Waals surface area contributed by atoms with E-state index in [-0.39, 0.29) is 30.9 Å². The van der Waals surface area contributed by atoms with Crippen molar-refractivity contribution in [3.05, 3.63) is 65.2 Å². The summed E-state index contributed by atoms with van der Waals surface area (Å²) < 4.78 is 32.1. The number of carbonyl (C=O) groups excluding carboxylic acids is 5. The summed E-state index contributed by atoms with van der Waals surface area (Å²) in [6.45, 7) is 0.192. The molecule has 2 aliphatic rings. The highest BCUT2D eigenvalue weighted by atomic mass is 32.2. The van der Waals surface area contributed by atoms with Crippen LogP contribution in [0.1, 0.15) is 42.4 Å².